The van der Waals surface area contributed by atoms with E-state index in [-0.39, 0.29) is 18.2 Å². The smallest absolute Gasteiger partial charge is 0.411 e. The van der Waals surface area contributed by atoms with Gasteiger partial charge in [-0.1, -0.05) is 85.0 Å². The molecule has 2 aromatic rings. The Kier molecular flexibility index (Phi) is 4.44. The summed E-state index contributed by atoms with van der Waals surface area (Å²) >= 11 is 0. The first-order chi connectivity index (χ1) is 12.8. The maximum atomic E-state index is 12.8. The molecular formula is C23H21NO2. The molecule has 0 fully saturated rings. The summed E-state index contributed by atoms with van der Waals surface area (Å²) in [4.78, 5) is 14.6. The molecule has 2 aromatic carbocycles. The number of fused-ring (bicyclic) bond motifs is 2. The van der Waals surface area contributed by atoms with Gasteiger partial charge in [-0.05, 0) is 29.2 Å². The number of rotatable bonds is 3. The molecule has 0 spiro atoms. The second kappa shape index (κ2) is 7.04. The van der Waals surface area contributed by atoms with Gasteiger partial charge in [-0.2, -0.15) is 0 Å². The highest BCUT2D eigenvalue weighted by Gasteiger charge is 2.43. The van der Waals surface area contributed by atoms with Crippen LogP contribution in [0.25, 0.3) is 11.1 Å². The van der Waals surface area contributed by atoms with Crippen molar-refractivity contribution >= 4 is 17.2 Å². The van der Waals surface area contributed by atoms with Crippen LogP contribution in [0, 0.1) is 0 Å². The lowest BCUT2D eigenvalue weighted by atomic mass is 9.89. The fourth-order valence-electron chi connectivity index (χ4n) is 3.80. The third-order valence-electron chi connectivity index (χ3n) is 4.83. The van der Waals surface area contributed by atoms with Gasteiger partial charge in [0, 0.05) is 0 Å². The van der Waals surface area contributed by atoms with Crippen molar-refractivity contribution in [2.75, 3.05) is 6.61 Å². The van der Waals surface area contributed by atoms with E-state index in [2.05, 4.69) is 36.4 Å². The van der Waals surface area contributed by atoms with Crippen LogP contribution in [0.4, 0.5) is 4.79 Å². The summed E-state index contributed by atoms with van der Waals surface area (Å²) in [5.74, 6) is 0. The molecule has 2 atom stereocenters. The maximum absolute atomic E-state index is 12.8. The molecular weight excluding hydrogens is 322 g/mol. The van der Waals surface area contributed by atoms with E-state index in [1.165, 1.54) is 0 Å². The molecule has 130 valence electrons. The molecule has 0 radical (unpaired) electrons. The Labute approximate surface area is 153 Å². The highest BCUT2D eigenvalue weighted by atomic mass is 16.6. The molecule has 0 saturated heterocycles. The fourth-order valence-corrected chi connectivity index (χ4v) is 3.80. The van der Waals surface area contributed by atoms with Gasteiger partial charge in [0.25, 0.3) is 0 Å². The van der Waals surface area contributed by atoms with Crippen LogP contribution in [0.2, 0.25) is 0 Å². The average molecular weight is 343 g/mol. The van der Waals surface area contributed by atoms with Gasteiger partial charge in [0.1, 0.15) is 0 Å². The zero-order valence-electron chi connectivity index (χ0n) is 14.7. The van der Waals surface area contributed by atoms with Crippen molar-refractivity contribution in [1.29, 1.82) is 0 Å². The summed E-state index contributed by atoms with van der Waals surface area (Å²) in [6.07, 6.45) is 7.90. The molecule has 2 aliphatic heterocycles. The molecule has 0 aromatic heterocycles. The van der Waals surface area contributed by atoms with Crippen molar-refractivity contribution in [2.24, 2.45) is 0 Å². The summed E-state index contributed by atoms with van der Waals surface area (Å²) in [6.45, 7) is 2.20. The zero-order chi connectivity index (χ0) is 17.9. The molecule has 2 heterocycles. The third-order valence-corrected chi connectivity index (χ3v) is 4.83. The first-order valence-electron chi connectivity index (χ1n) is 8.96. The SMILES string of the molecule is CCOC(=O)N1C2C=CC=CC1C(c1ccccc1)=C2c1ccccc1. The Morgan fingerprint density at radius 3 is 1.73 bits per heavy atom. The molecule has 26 heavy (non-hydrogen) atoms. The van der Waals surface area contributed by atoms with Crippen LogP contribution >= 0.6 is 0 Å². The predicted octanol–water partition coefficient (Wildman–Crippen LogP) is 4.93. The van der Waals surface area contributed by atoms with Crippen molar-refractivity contribution in [3.05, 3.63) is 96.1 Å². The average Bonchev–Trinajstić information content (AvgIpc) is 2.83. The number of carbonyl (C=O) groups is 1. The molecule has 3 nitrogen and oxygen atoms in total. The number of carbonyl (C=O) groups excluding carboxylic acids is 1. The second-order valence-corrected chi connectivity index (χ2v) is 6.33. The van der Waals surface area contributed by atoms with Crippen LogP contribution in [-0.4, -0.2) is 29.7 Å². The Morgan fingerprint density at radius 2 is 1.31 bits per heavy atom. The largest absolute Gasteiger partial charge is 0.450 e. The molecule has 0 aliphatic carbocycles. The second-order valence-electron chi connectivity index (χ2n) is 6.33. The summed E-state index contributed by atoms with van der Waals surface area (Å²) in [7, 11) is 0. The normalized spacial score (nSPS) is 21.0. The number of hydrogen-bond donors (Lipinski definition) is 0. The van der Waals surface area contributed by atoms with Crippen LogP contribution < -0.4 is 0 Å². The Bertz CT molecular complexity index is 815. The highest BCUT2D eigenvalue weighted by Crippen LogP contribution is 2.44. The monoisotopic (exact) mass is 343 g/mol. The quantitative estimate of drug-likeness (QED) is 0.790. The van der Waals surface area contributed by atoms with Crippen LogP contribution in [0.5, 0.6) is 0 Å². The lowest BCUT2D eigenvalue weighted by molar-refractivity contribution is 0.105. The standard InChI is InChI=1S/C23H21NO2/c1-2-26-23(25)24-19-15-9-10-16-20(24)22(18-13-7-4-8-14-18)21(19)17-11-5-3-6-12-17/h3-16,19-20H,2H2,1H3. The minimum Gasteiger partial charge on any atom is -0.450 e. The van der Waals surface area contributed by atoms with Crippen LogP contribution in [0.1, 0.15) is 18.1 Å². The molecule has 1 amide bonds. The van der Waals surface area contributed by atoms with E-state index in [4.69, 9.17) is 4.74 Å². The molecule has 3 heteroatoms. The van der Waals surface area contributed by atoms with Gasteiger partial charge in [-0.25, -0.2) is 4.79 Å². The molecule has 0 saturated carbocycles. The molecule has 0 N–H and O–H groups in total. The van der Waals surface area contributed by atoms with Crippen molar-refractivity contribution in [1.82, 2.24) is 4.90 Å². The van der Waals surface area contributed by atoms with Gasteiger partial charge < -0.3 is 4.74 Å². The molecule has 2 aliphatic rings. The third kappa shape index (κ3) is 2.76. The number of benzene rings is 2. The number of amides is 1. The van der Waals surface area contributed by atoms with Crippen molar-refractivity contribution in [2.45, 2.75) is 19.0 Å². The summed E-state index contributed by atoms with van der Waals surface area (Å²) in [5.41, 5.74) is 4.59. The van der Waals surface area contributed by atoms with Gasteiger partial charge in [0.15, 0.2) is 0 Å². The van der Waals surface area contributed by atoms with Crippen molar-refractivity contribution < 1.29 is 9.53 Å². The summed E-state index contributed by atoms with van der Waals surface area (Å²) in [6, 6.07) is 20.3. The van der Waals surface area contributed by atoms with E-state index >= 15 is 0 Å². The summed E-state index contributed by atoms with van der Waals surface area (Å²) in [5, 5.41) is 0. The number of allylic oxidation sites excluding steroid dienone is 2. The van der Waals surface area contributed by atoms with E-state index in [1.54, 1.807) is 0 Å². The van der Waals surface area contributed by atoms with E-state index in [1.807, 2.05) is 60.4 Å². The van der Waals surface area contributed by atoms with E-state index in [0.29, 0.717) is 6.61 Å². The van der Waals surface area contributed by atoms with Gasteiger partial charge in [-0.3, -0.25) is 4.90 Å². The van der Waals surface area contributed by atoms with Gasteiger partial charge in [0.2, 0.25) is 0 Å². The number of nitrogens with zero attached hydrogens (tertiary/aromatic N) is 1. The maximum Gasteiger partial charge on any atom is 0.411 e. The molecule has 2 unspecified atom stereocenters. The van der Waals surface area contributed by atoms with Crippen LogP contribution in [-0.2, 0) is 4.74 Å². The zero-order valence-corrected chi connectivity index (χ0v) is 14.7. The van der Waals surface area contributed by atoms with Gasteiger partial charge in [0.05, 0.1) is 18.7 Å². The van der Waals surface area contributed by atoms with Gasteiger partial charge >= 0.3 is 6.09 Å². The van der Waals surface area contributed by atoms with E-state index in [9.17, 15) is 4.79 Å². The first kappa shape index (κ1) is 16.4. The molecule has 2 bridgehead atoms. The number of hydrogen-bond acceptors (Lipinski definition) is 2. The Hall–Kier alpha value is -3.07. The van der Waals surface area contributed by atoms with E-state index in [0.717, 1.165) is 22.3 Å². The lowest BCUT2D eigenvalue weighted by Gasteiger charge is -2.27. The highest BCUT2D eigenvalue weighted by molar-refractivity contribution is 6.02. The molecule has 4 rings (SSSR count). The number of ether oxygens (including phenoxy) is 1. The van der Waals surface area contributed by atoms with E-state index < -0.39 is 0 Å². The van der Waals surface area contributed by atoms with Crippen molar-refractivity contribution in [3.63, 3.8) is 0 Å². The van der Waals surface area contributed by atoms with Crippen LogP contribution in [0.15, 0.2) is 85.0 Å². The van der Waals surface area contributed by atoms with Gasteiger partial charge in [-0.15, -0.1) is 0 Å². The van der Waals surface area contributed by atoms with Crippen molar-refractivity contribution in [3.8, 4) is 0 Å². The lowest BCUT2D eigenvalue weighted by Crippen LogP contribution is -2.41. The Morgan fingerprint density at radius 1 is 0.846 bits per heavy atom. The minimum absolute atomic E-state index is 0.147. The van der Waals surface area contributed by atoms with Crippen LogP contribution in [0.3, 0.4) is 0 Å². The fraction of sp³-hybridized carbons (Fsp3) is 0.174. The minimum atomic E-state index is -0.280. The topological polar surface area (TPSA) is 29.5 Å². The first-order valence-corrected chi connectivity index (χ1v) is 8.96. The predicted molar refractivity (Wildman–Crippen MR) is 104 cm³/mol. The summed E-state index contributed by atoms with van der Waals surface area (Å²) < 4.78 is 5.38. The Balaban J connectivity index is 1.93.